The van der Waals surface area contributed by atoms with Crippen molar-refractivity contribution in [1.29, 1.82) is 0 Å². The lowest BCUT2D eigenvalue weighted by molar-refractivity contribution is -0.129. The minimum Gasteiger partial charge on any atom is -0.340 e. The van der Waals surface area contributed by atoms with Gasteiger partial charge >= 0.3 is 0 Å². The van der Waals surface area contributed by atoms with Crippen LogP contribution in [0.3, 0.4) is 0 Å². The molecule has 3 rings (SSSR count). The summed E-state index contributed by atoms with van der Waals surface area (Å²) in [5.41, 5.74) is 5.77. The van der Waals surface area contributed by atoms with Gasteiger partial charge in [-0.15, -0.1) is 0 Å². The summed E-state index contributed by atoms with van der Waals surface area (Å²) in [6.45, 7) is 2.87. The number of aromatic nitrogens is 1. The SMILES string of the molecule is [B]c1cncc2cccc(S(=O)(=O)N3CCCN(C(=O)CN)C[C@@H]3C)c12. The fourth-order valence-electron chi connectivity index (χ4n) is 3.42. The smallest absolute Gasteiger partial charge is 0.243 e. The maximum absolute atomic E-state index is 13.4. The number of benzene rings is 1. The van der Waals surface area contributed by atoms with Gasteiger partial charge in [0.2, 0.25) is 15.9 Å². The summed E-state index contributed by atoms with van der Waals surface area (Å²) in [6.07, 6.45) is 3.60. The van der Waals surface area contributed by atoms with Crippen LogP contribution in [0.2, 0.25) is 0 Å². The van der Waals surface area contributed by atoms with Crippen LogP contribution in [0, 0.1) is 0 Å². The summed E-state index contributed by atoms with van der Waals surface area (Å²) in [4.78, 5) is 17.7. The van der Waals surface area contributed by atoms with Crippen LogP contribution in [0.25, 0.3) is 10.8 Å². The Labute approximate surface area is 154 Å². The van der Waals surface area contributed by atoms with Crippen molar-refractivity contribution in [2.75, 3.05) is 26.2 Å². The van der Waals surface area contributed by atoms with E-state index in [9.17, 15) is 13.2 Å². The van der Waals surface area contributed by atoms with Gasteiger partial charge < -0.3 is 10.6 Å². The highest BCUT2D eigenvalue weighted by Crippen LogP contribution is 2.26. The van der Waals surface area contributed by atoms with Crippen molar-refractivity contribution in [3.05, 3.63) is 30.6 Å². The molecule has 9 heteroatoms. The normalized spacial score (nSPS) is 19.5. The minimum absolute atomic E-state index is 0.0771. The van der Waals surface area contributed by atoms with E-state index in [1.54, 1.807) is 36.2 Å². The summed E-state index contributed by atoms with van der Waals surface area (Å²) in [7, 11) is 2.23. The number of hydrogen-bond acceptors (Lipinski definition) is 5. The van der Waals surface area contributed by atoms with Gasteiger partial charge in [0, 0.05) is 43.5 Å². The van der Waals surface area contributed by atoms with E-state index in [0.29, 0.717) is 42.3 Å². The first-order chi connectivity index (χ1) is 12.4. The summed E-state index contributed by atoms with van der Waals surface area (Å²) in [6, 6.07) is 4.67. The molecule has 0 unspecified atom stereocenters. The van der Waals surface area contributed by atoms with Gasteiger partial charge in [-0.3, -0.25) is 9.78 Å². The second-order valence-electron chi connectivity index (χ2n) is 6.45. The minimum atomic E-state index is -3.78. The molecule has 1 saturated heterocycles. The molecule has 0 spiro atoms. The monoisotopic (exact) mass is 372 g/mol. The highest BCUT2D eigenvalue weighted by molar-refractivity contribution is 7.89. The molecule has 1 aliphatic rings. The average Bonchev–Trinajstić information content (AvgIpc) is 2.83. The molecule has 0 bridgehead atoms. The Balaban J connectivity index is 2.02. The van der Waals surface area contributed by atoms with E-state index in [-0.39, 0.29) is 23.4 Å². The lowest BCUT2D eigenvalue weighted by Crippen LogP contribution is -2.45. The third-order valence-corrected chi connectivity index (χ3v) is 6.73. The molecule has 26 heavy (non-hydrogen) atoms. The first-order valence-electron chi connectivity index (χ1n) is 8.48. The van der Waals surface area contributed by atoms with Gasteiger partial charge in [0.1, 0.15) is 7.85 Å². The van der Waals surface area contributed by atoms with E-state index in [1.807, 2.05) is 0 Å². The van der Waals surface area contributed by atoms with Gasteiger partial charge in [0.05, 0.1) is 11.4 Å². The largest absolute Gasteiger partial charge is 0.340 e. The standard InChI is InChI=1S/C17H21BN4O3S/c1-12-11-21(16(23)8-19)6-3-7-22(12)26(24,25)15-5-2-4-13-9-20-10-14(18)17(13)15/h2,4-5,9-10,12H,3,6-8,11,19H2,1H3/t12-/m0/s1. The van der Waals surface area contributed by atoms with Crippen LogP contribution >= 0.6 is 0 Å². The number of nitrogens with two attached hydrogens (primary N) is 1. The molecule has 0 saturated carbocycles. The molecule has 1 aromatic carbocycles. The molecule has 1 atom stereocenters. The second kappa shape index (κ2) is 7.34. The summed E-state index contributed by atoms with van der Waals surface area (Å²) in [5.74, 6) is -0.170. The van der Waals surface area contributed by atoms with Crippen LogP contribution in [-0.2, 0) is 14.8 Å². The number of carbonyl (C=O) groups is 1. The zero-order valence-corrected chi connectivity index (χ0v) is 15.4. The number of pyridine rings is 1. The zero-order valence-electron chi connectivity index (χ0n) is 14.6. The van der Waals surface area contributed by atoms with Crippen molar-refractivity contribution in [2.45, 2.75) is 24.3 Å². The zero-order chi connectivity index (χ0) is 18.9. The number of carbonyl (C=O) groups excluding carboxylic acids is 1. The van der Waals surface area contributed by atoms with Crippen molar-refractivity contribution in [2.24, 2.45) is 5.73 Å². The third kappa shape index (κ3) is 3.34. The maximum Gasteiger partial charge on any atom is 0.243 e. The summed E-state index contributed by atoms with van der Waals surface area (Å²) >= 11 is 0. The predicted molar refractivity (Wildman–Crippen MR) is 101 cm³/mol. The van der Waals surface area contributed by atoms with E-state index in [2.05, 4.69) is 4.98 Å². The lowest BCUT2D eigenvalue weighted by atomic mass is 9.93. The number of fused-ring (bicyclic) bond motifs is 1. The van der Waals surface area contributed by atoms with E-state index < -0.39 is 10.0 Å². The van der Waals surface area contributed by atoms with Crippen molar-refractivity contribution in [3.8, 4) is 0 Å². The number of nitrogens with zero attached hydrogens (tertiary/aromatic N) is 3. The average molecular weight is 372 g/mol. The molecule has 2 heterocycles. The highest BCUT2D eigenvalue weighted by atomic mass is 32.2. The third-order valence-electron chi connectivity index (χ3n) is 4.67. The van der Waals surface area contributed by atoms with Crippen LogP contribution < -0.4 is 11.2 Å². The maximum atomic E-state index is 13.4. The fraction of sp³-hybridized carbons (Fsp3) is 0.412. The topological polar surface area (TPSA) is 96.6 Å². The first-order valence-corrected chi connectivity index (χ1v) is 9.92. The molecule has 0 aliphatic carbocycles. The van der Waals surface area contributed by atoms with Crippen LogP contribution in [0.5, 0.6) is 0 Å². The van der Waals surface area contributed by atoms with Crippen molar-refractivity contribution in [1.82, 2.24) is 14.2 Å². The Morgan fingerprint density at radius 2 is 2.12 bits per heavy atom. The Morgan fingerprint density at radius 1 is 1.35 bits per heavy atom. The number of sulfonamides is 1. The molecule has 7 nitrogen and oxygen atoms in total. The summed E-state index contributed by atoms with van der Waals surface area (Å²) in [5, 5.41) is 1.15. The van der Waals surface area contributed by atoms with Gasteiger partial charge in [0.15, 0.2) is 0 Å². The number of hydrogen-bond donors (Lipinski definition) is 1. The number of rotatable bonds is 3. The van der Waals surface area contributed by atoms with Crippen LogP contribution in [0.4, 0.5) is 0 Å². The van der Waals surface area contributed by atoms with Gasteiger partial charge in [-0.25, -0.2) is 8.42 Å². The van der Waals surface area contributed by atoms with Gasteiger partial charge in [0.25, 0.3) is 0 Å². The fourth-order valence-corrected chi connectivity index (χ4v) is 5.33. The molecule has 2 aromatic rings. The van der Waals surface area contributed by atoms with E-state index in [0.717, 1.165) is 0 Å². The molecule has 1 amide bonds. The lowest BCUT2D eigenvalue weighted by Gasteiger charge is -2.28. The Kier molecular flexibility index (Phi) is 5.31. The molecule has 2 N–H and O–H groups in total. The molecular weight excluding hydrogens is 351 g/mol. The van der Waals surface area contributed by atoms with E-state index in [1.165, 1.54) is 10.5 Å². The van der Waals surface area contributed by atoms with Crippen LogP contribution in [-0.4, -0.2) is 68.6 Å². The molecule has 1 fully saturated rings. The van der Waals surface area contributed by atoms with Crippen molar-refractivity contribution >= 4 is 40.0 Å². The van der Waals surface area contributed by atoms with Gasteiger partial charge in [-0.2, -0.15) is 4.31 Å². The van der Waals surface area contributed by atoms with E-state index in [4.69, 9.17) is 13.6 Å². The molecule has 1 aliphatic heterocycles. The molecule has 136 valence electrons. The van der Waals surface area contributed by atoms with Crippen LogP contribution in [0.15, 0.2) is 35.5 Å². The quantitative estimate of drug-likeness (QED) is 0.740. The van der Waals surface area contributed by atoms with Gasteiger partial charge in [-0.05, 0) is 24.8 Å². The molecule has 2 radical (unpaired) electrons. The Hall–Kier alpha value is -1.97. The predicted octanol–water partition coefficient (Wildman–Crippen LogP) is -0.401. The molecule has 1 aromatic heterocycles. The van der Waals surface area contributed by atoms with Crippen LogP contribution in [0.1, 0.15) is 13.3 Å². The highest BCUT2D eigenvalue weighted by Gasteiger charge is 2.34. The van der Waals surface area contributed by atoms with Gasteiger partial charge in [-0.1, -0.05) is 17.6 Å². The van der Waals surface area contributed by atoms with Crippen molar-refractivity contribution in [3.63, 3.8) is 0 Å². The number of amides is 1. The molecular formula is C17H21BN4O3S. The Morgan fingerprint density at radius 3 is 2.85 bits per heavy atom. The second-order valence-corrected chi connectivity index (χ2v) is 8.30. The van der Waals surface area contributed by atoms with Crippen molar-refractivity contribution < 1.29 is 13.2 Å². The van der Waals surface area contributed by atoms with E-state index >= 15 is 0 Å². The first kappa shape index (κ1) is 18.8. The Bertz CT molecular complexity index is 929. The summed E-state index contributed by atoms with van der Waals surface area (Å²) < 4.78 is 28.2.